The first-order valence-electron chi connectivity index (χ1n) is 10.6. The molecule has 1 atom stereocenters. The molecule has 2 nitrogen and oxygen atoms in total. The van der Waals surface area contributed by atoms with Gasteiger partial charge in [-0.2, -0.15) is 0 Å². The van der Waals surface area contributed by atoms with Gasteiger partial charge in [-0.3, -0.25) is 4.79 Å². The van der Waals surface area contributed by atoms with E-state index in [-0.39, 0.29) is 16.7 Å². The maximum Gasteiger partial charge on any atom is 0.146 e. The summed E-state index contributed by atoms with van der Waals surface area (Å²) in [4.78, 5) is 13.3. The van der Waals surface area contributed by atoms with Gasteiger partial charge >= 0.3 is 0 Å². The fourth-order valence-electron chi connectivity index (χ4n) is 5.34. The third-order valence-corrected chi connectivity index (χ3v) is 7.52. The minimum absolute atomic E-state index is 0.0613. The Morgan fingerprint density at radius 1 is 1.04 bits per heavy atom. The molecule has 2 aliphatic carbocycles. The van der Waals surface area contributed by atoms with Crippen LogP contribution in [0.3, 0.4) is 0 Å². The molecule has 0 amide bonds. The van der Waals surface area contributed by atoms with Crippen molar-refractivity contribution < 1.29 is 9.90 Å². The molecule has 2 heteroatoms. The molecule has 3 rings (SSSR count). The van der Waals surface area contributed by atoms with Crippen molar-refractivity contribution in [2.24, 2.45) is 5.41 Å². The van der Waals surface area contributed by atoms with Crippen LogP contribution in [0, 0.1) is 5.41 Å². The Labute approximate surface area is 159 Å². The van der Waals surface area contributed by atoms with Crippen LogP contribution in [0.1, 0.15) is 103 Å². The van der Waals surface area contributed by atoms with E-state index in [2.05, 4.69) is 52.0 Å². The second-order valence-corrected chi connectivity index (χ2v) is 9.57. The van der Waals surface area contributed by atoms with Crippen molar-refractivity contribution in [2.75, 3.05) is 0 Å². The summed E-state index contributed by atoms with van der Waals surface area (Å²) >= 11 is 0. The van der Waals surface area contributed by atoms with Crippen LogP contribution in [-0.4, -0.2) is 16.5 Å². The lowest BCUT2D eigenvalue weighted by molar-refractivity contribution is -0.132. The highest BCUT2D eigenvalue weighted by atomic mass is 16.3. The highest BCUT2D eigenvalue weighted by Gasteiger charge is 2.51. The molecule has 144 valence electrons. The van der Waals surface area contributed by atoms with Gasteiger partial charge in [-0.05, 0) is 67.9 Å². The van der Waals surface area contributed by atoms with Gasteiger partial charge in [-0.25, -0.2) is 0 Å². The highest BCUT2D eigenvalue weighted by Crippen LogP contribution is 2.53. The summed E-state index contributed by atoms with van der Waals surface area (Å²) in [6.07, 6.45) is 8.44. The zero-order valence-electron chi connectivity index (χ0n) is 17.1. The lowest BCUT2D eigenvalue weighted by Gasteiger charge is -2.41. The van der Waals surface area contributed by atoms with E-state index in [9.17, 15) is 9.90 Å². The molecule has 1 aromatic rings. The molecule has 0 aliphatic heterocycles. The van der Waals surface area contributed by atoms with Crippen LogP contribution in [0.4, 0.5) is 0 Å². The summed E-state index contributed by atoms with van der Waals surface area (Å²) in [6.45, 7) is 8.89. The van der Waals surface area contributed by atoms with Crippen LogP contribution in [0.2, 0.25) is 0 Å². The zero-order valence-corrected chi connectivity index (χ0v) is 17.1. The number of hydrogen-bond donors (Lipinski definition) is 1. The fourth-order valence-corrected chi connectivity index (χ4v) is 5.34. The molecule has 1 aromatic carbocycles. The number of hydrogen-bond acceptors (Lipinski definition) is 2. The molecule has 2 aliphatic rings. The minimum atomic E-state index is -0.532. The predicted molar refractivity (Wildman–Crippen MR) is 107 cm³/mol. The number of aliphatic hydroxyl groups is 1. The monoisotopic (exact) mass is 356 g/mol. The molecule has 0 radical (unpaired) electrons. The number of benzene rings is 1. The molecule has 1 unspecified atom stereocenters. The third-order valence-electron chi connectivity index (χ3n) is 7.52. The topological polar surface area (TPSA) is 37.3 Å². The van der Waals surface area contributed by atoms with E-state index in [4.69, 9.17) is 0 Å². The zero-order chi connectivity index (χ0) is 19.0. The van der Waals surface area contributed by atoms with Crippen molar-refractivity contribution in [1.29, 1.82) is 0 Å². The quantitative estimate of drug-likeness (QED) is 0.712. The Kier molecular flexibility index (Phi) is 5.36. The molecule has 0 saturated heterocycles. The maximum atomic E-state index is 13.3. The summed E-state index contributed by atoms with van der Waals surface area (Å²) in [5.74, 6) is 0.502. The standard InChI is InChI=1S/C24H36O2/c1-5-12-22(3,4)19-9-7-18(8-10-19)20-11-13-23(21(20)25)14-16-24(26,6-2)17-15-23/h7-10,20,26H,5-6,11-17H2,1-4H3/t20?,23-,24+. The van der Waals surface area contributed by atoms with Gasteiger partial charge in [0, 0.05) is 11.3 Å². The minimum Gasteiger partial charge on any atom is -0.390 e. The average molecular weight is 357 g/mol. The second-order valence-electron chi connectivity index (χ2n) is 9.57. The van der Waals surface area contributed by atoms with E-state index in [0.29, 0.717) is 5.78 Å². The largest absolute Gasteiger partial charge is 0.390 e. The van der Waals surface area contributed by atoms with Crippen LogP contribution >= 0.6 is 0 Å². The first kappa shape index (κ1) is 19.6. The van der Waals surface area contributed by atoms with E-state index in [0.717, 1.165) is 44.9 Å². The summed E-state index contributed by atoms with van der Waals surface area (Å²) < 4.78 is 0. The Morgan fingerprint density at radius 2 is 1.65 bits per heavy atom. The lowest BCUT2D eigenvalue weighted by atomic mass is 9.66. The molecule has 26 heavy (non-hydrogen) atoms. The second kappa shape index (κ2) is 7.11. The van der Waals surface area contributed by atoms with Gasteiger partial charge in [-0.1, -0.05) is 58.4 Å². The maximum absolute atomic E-state index is 13.3. The molecule has 0 aromatic heterocycles. The van der Waals surface area contributed by atoms with Crippen molar-refractivity contribution in [3.63, 3.8) is 0 Å². The molecular formula is C24H36O2. The van der Waals surface area contributed by atoms with Crippen LogP contribution in [0.15, 0.2) is 24.3 Å². The van der Waals surface area contributed by atoms with Gasteiger partial charge in [0.25, 0.3) is 0 Å². The number of rotatable bonds is 5. The van der Waals surface area contributed by atoms with Gasteiger partial charge in [0.1, 0.15) is 5.78 Å². The predicted octanol–water partition coefficient (Wildman–Crippen LogP) is 5.91. The lowest BCUT2D eigenvalue weighted by Crippen LogP contribution is -2.41. The molecule has 0 heterocycles. The van der Waals surface area contributed by atoms with Crippen LogP contribution < -0.4 is 0 Å². The summed E-state index contributed by atoms with van der Waals surface area (Å²) in [5, 5.41) is 10.5. The number of ketones is 1. The van der Waals surface area contributed by atoms with Crippen molar-refractivity contribution in [2.45, 2.75) is 102 Å². The fraction of sp³-hybridized carbons (Fsp3) is 0.708. The number of carbonyl (C=O) groups is 1. The molecule has 2 fully saturated rings. The number of carbonyl (C=O) groups excluding carboxylic acids is 1. The van der Waals surface area contributed by atoms with Crippen molar-refractivity contribution in [1.82, 2.24) is 0 Å². The van der Waals surface area contributed by atoms with Gasteiger partial charge in [0.05, 0.1) is 5.60 Å². The number of Topliss-reactive ketones (excluding diaryl/α,β-unsaturated/α-hetero) is 1. The molecule has 2 saturated carbocycles. The van der Waals surface area contributed by atoms with Crippen molar-refractivity contribution in [3.8, 4) is 0 Å². The molecule has 1 N–H and O–H groups in total. The van der Waals surface area contributed by atoms with Gasteiger partial charge in [-0.15, -0.1) is 0 Å². The normalized spacial score (nSPS) is 32.3. The van der Waals surface area contributed by atoms with Gasteiger partial charge < -0.3 is 5.11 Å². The van der Waals surface area contributed by atoms with E-state index in [1.807, 2.05) is 0 Å². The van der Waals surface area contributed by atoms with Gasteiger partial charge in [0.2, 0.25) is 0 Å². The molecule has 1 spiro atoms. The van der Waals surface area contributed by atoms with Crippen LogP contribution in [0.5, 0.6) is 0 Å². The highest BCUT2D eigenvalue weighted by molar-refractivity contribution is 5.93. The Bertz CT molecular complexity index is 633. The van der Waals surface area contributed by atoms with E-state index < -0.39 is 5.60 Å². The molecular weight excluding hydrogens is 320 g/mol. The van der Waals surface area contributed by atoms with Crippen molar-refractivity contribution >= 4 is 5.78 Å². The van der Waals surface area contributed by atoms with E-state index in [1.165, 1.54) is 24.0 Å². The Hall–Kier alpha value is -1.15. The first-order chi connectivity index (χ1) is 12.3. The summed E-state index contributed by atoms with van der Waals surface area (Å²) in [7, 11) is 0. The summed E-state index contributed by atoms with van der Waals surface area (Å²) in [6, 6.07) is 8.86. The Balaban J connectivity index is 1.73. The Morgan fingerprint density at radius 3 is 2.19 bits per heavy atom. The third kappa shape index (κ3) is 3.50. The van der Waals surface area contributed by atoms with E-state index in [1.54, 1.807) is 0 Å². The summed E-state index contributed by atoms with van der Waals surface area (Å²) in [5.41, 5.74) is 2.07. The van der Waals surface area contributed by atoms with Gasteiger partial charge in [0.15, 0.2) is 0 Å². The SMILES string of the molecule is CCCC(C)(C)c1ccc(C2CC[C@]3(CC[C@@](O)(CC)CC3)C2=O)cc1. The first-order valence-corrected chi connectivity index (χ1v) is 10.6. The van der Waals surface area contributed by atoms with Crippen LogP contribution in [-0.2, 0) is 10.2 Å². The van der Waals surface area contributed by atoms with Crippen molar-refractivity contribution in [3.05, 3.63) is 35.4 Å². The van der Waals surface area contributed by atoms with Crippen LogP contribution in [0.25, 0.3) is 0 Å². The molecule has 0 bridgehead atoms. The average Bonchev–Trinajstić information content (AvgIpc) is 2.95. The smallest absolute Gasteiger partial charge is 0.146 e. The van der Waals surface area contributed by atoms with E-state index >= 15 is 0 Å².